The number of anilines is 1. The van der Waals surface area contributed by atoms with Gasteiger partial charge in [-0.2, -0.15) is 0 Å². The smallest absolute Gasteiger partial charge is 0.293 e. The number of carbonyl (C=O) groups excluding carboxylic acids is 1. The van der Waals surface area contributed by atoms with Gasteiger partial charge >= 0.3 is 0 Å². The van der Waals surface area contributed by atoms with E-state index >= 15 is 0 Å². The van der Waals surface area contributed by atoms with Crippen molar-refractivity contribution in [2.24, 2.45) is 0 Å². The summed E-state index contributed by atoms with van der Waals surface area (Å²) in [6.07, 6.45) is 2.88. The lowest BCUT2D eigenvalue weighted by molar-refractivity contribution is -0.384. The minimum Gasteiger partial charge on any atom is -0.377 e. The third kappa shape index (κ3) is 3.46. The van der Waals surface area contributed by atoms with E-state index < -0.39 is 4.92 Å². The monoisotopic (exact) mass is 277 g/mol. The van der Waals surface area contributed by atoms with E-state index in [1.165, 1.54) is 6.07 Å². The molecule has 108 valence electrons. The average molecular weight is 277 g/mol. The Bertz CT molecular complexity index is 526. The van der Waals surface area contributed by atoms with Crippen molar-refractivity contribution in [3.8, 4) is 0 Å². The third-order valence-electron chi connectivity index (χ3n) is 3.38. The molecule has 0 aromatic heterocycles. The molecule has 0 radical (unpaired) electrons. The highest BCUT2D eigenvalue weighted by atomic mass is 16.6. The Balaban J connectivity index is 2.20. The van der Waals surface area contributed by atoms with Gasteiger partial charge in [-0.1, -0.05) is 6.92 Å². The summed E-state index contributed by atoms with van der Waals surface area (Å²) in [7, 11) is 0. The number of benzene rings is 1. The molecule has 0 spiro atoms. The number of hydrogen-bond acceptors (Lipinski definition) is 4. The van der Waals surface area contributed by atoms with Gasteiger partial charge in [0.15, 0.2) is 0 Å². The quantitative estimate of drug-likeness (QED) is 0.618. The molecule has 0 heterocycles. The number of amides is 1. The van der Waals surface area contributed by atoms with Crippen LogP contribution in [0.3, 0.4) is 0 Å². The maximum Gasteiger partial charge on any atom is 0.293 e. The highest BCUT2D eigenvalue weighted by molar-refractivity contribution is 5.95. The summed E-state index contributed by atoms with van der Waals surface area (Å²) in [6, 6.07) is 4.94. The van der Waals surface area contributed by atoms with Crippen LogP contribution in [0.2, 0.25) is 0 Å². The lowest BCUT2D eigenvalue weighted by Gasteiger charge is -2.12. The van der Waals surface area contributed by atoms with Crippen molar-refractivity contribution >= 4 is 17.3 Å². The number of nitrogens with one attached hydrogen (secondary N) is 2. The van der Waals surface area contributed by atoms with Crippen LogP contribution < -0.4 is 10.6 Å². The molecule has 6 nitrogen and oxygen atoms in total. The fourth-order valence-corrected chi connectivity index (χ4v) is 1.80. The average Bonchev–Trinajstić information content (AvgIpc) is 3.22. The molecule has 6 heteroatoms. The van der Waals surface area contributed by atoms with E-state index in [1.807, 2.05) is 13.8 Å². The molecule has 1 saturated carbocycles. The molecular formula is C14H19N3O3. The van der Waals surface area contributed by atoms with Crippen molar-refractivity contribution in [2.75, 3.05) is 5.32 Å². The molecule has 1 aliphatic rings. The Morgan fingerprint density at radius 2 is 2.20 bits per heavy atom. The molecule has 1 aliphatic carbocycles. The van der Waals surface area contributed by atoms with Crippen molar-refractivity contribution in [1.82, 2.24) is 5.32 Å². The number of nitro groups is 1. The van der Waals surface area contributed by atoms with Crippen molar-refractivity contribution < 1.29 is 9.72 Å². The molecule has 0 aliphatic heterocycles. The first-order valence-corrected chi connectivity index (χ1v) is 6.87. The molecule has 20 heavy (non-hydrogen) atoms. The second-order valence-electron chi connectivity index (χ2n) is 5.19. The Morgan fingerprint density at radius 3 is 2.75 bits per heavy atom. The van der Waals surface area contributed by atoms with Gasteiger partial charge in [-0.15, -0.1) is 0 Å². The number of hydrogen-bond donors (Lipinski definition) is 2. The molecule has 1 atom stereocenters. The van der Waals surface area contributed by atoms with Crippen LogP contribution >= 0.6 is 0 Å². The molecule has 1 unspecified atom stereocenters. The van der Waals surface area contributed by atoms with Gasteiger partial charge in [-0.05, 0) is 38.3 Å². The first-order valence-electron chi connectivity index (χ1n) is 6.87. The van der Waals surface area contributed by atoms with Crippen LogP contribution in [0.4, 0.5) is 11.4 Å². The van der Waals surface area contributed by atoms with Crippen molar-refractivity contribution in [3.63, 3.8) is 0 Å². The second kappa shape index (κ2) is 5.90. The SMILES string of the molecule is CCC(C)NC(=O)c1ccc(NC2CC2)c([N+](=O)[O-])c1. The zero-order valence-corrected chi connectivity index (χ0v) is 11.7. The molecule has 2 N–H and O–H groups in total. The van der Waals surface area contributed by atoms with Crippen LogP contribution in [-0.2, 0) is 0 Å². The van der Waals surface area contributed by atoms with E-state index in [9.17, 15) is 14.9 Å². The fourth-order valence-electron chi connectivity index (χ4n) is 1.80. The predicted molar refractivity (Wildman–Crippen MR) is 77.0 cm³/mol. The Labute approximate surface area is 117 Å². The van der Waals surface area contributed by atoms with Gasteiger partial charge in [0.05, 0.1) is 4.92 Å². The first kappa shape index (κ1) is 14.3. The fraction of sp³-hybridized carbons (Fsp3) is 0.500. The molecule has 2 rings (SSSR count). The number of carbonyl (C=O) groups is 1. The molecule has 0 saturated heterocycles. The van der Waals surface area contributed by atoms with Crippen LogP contribution in [-0.4, -0.2) is 22.9 Å². The molecule has 1 amide bonds. The van der Waals surface area contributed by atoms with E-state index in [4.69, 9.17) is 0 Å². The minimum absolute atomic E-state index is 0.0471. The third-order valence-corrected chi connectivity index (χ3v) is 3.38. The first-order chi connectivity index (χ1) is 9.51. The van der Waals surface area contributed by atoms with E-state index in [-0.39, 0.29) is 17.6 Å². The highest BCUT2D eigenvalue weighted by Crippen LogP contribution is 2.31. The number of rotatable bonds is 6. The van der Waals surface area contributed by atoms with Crippen molar-refractivity contribution in [1.29, 1.82) is 0 Å². The highest BCUT2D eigenvalue weighted by Gasteiger charge is 2.25. The van der Waals surface area contributed by atoms with E-state index in [0.717, 1.165) is 19.3 Å². The Hall–Kier alpha value is -2.11. The maximum atomic E-state index is 12.0. The van der Waals surface area contributed by atoms with E-state index in [2.05, 4.69) is 10.6 Å². The van der Waals surface area contributed by atoms with Gasteiger partial charge in [0, 0.05) is 23.7 Å². The molecule has 1 aromatic rings. The Morgan fingerprint density at radius 1 is 1.50 bits per heavy atom. The summed E-state index contributed by atoms with van der Waals surface area (Å²) in [6.45, 7) is 3.87. The summed E-state index contributed by atoms with van der Waals surface area (Å²) in [5.41, 5.74) is 0.754. The van der Waals surface area contributed by atoms with E-state index in [1.54, 1.807) is 12.1 Å². The number of nitrogens with zero attached hydrogens (tertiary/aromatic N) is 1. The zero-order chi connectivity index (χ0) is 14.7. The summed E-state index contributed by atoms with van der Waals surface area (Å²) < 4.78 is 0. The van der Waals surface area contributed by atoms with Gasteiger partial charge in [0.25, 0.3) is 11.6 Å². The van der Waals surface area contributed by atoms with Crippen molar-refractivity contribution in [3.05, 3.63) is 33.9 Å². The van der Waals surface area contributed by atoms with Crippen LogP contribution in [0.15, 0.2) is 18.2 Å². The van der Waals surface area contributed by atoms with Gasteiger partial charge in [-0.25, -0.2) is 0 Å². The second-order valence-corrected chi connectivity index (χ2v) is 5.19. The van der Waals surface area contributed by atoms with Gasteiger partial charge < -0.3 is 10.6 Å². The Kier molecular flexibility index (Phi) is 4.22. The lowest BCUT2D eigenvalue weighted by atomic mass is 10.1. The van der Waals surface area contributed by atoms with Gasteiger partial charge in [-0.3, -0.25) is 14.9 Å². The minimum atomic E-state index is -0.454. The van der Waals surface area contributed by atoms with Gasteiger partial charge in [0.2, 0.25) is 0 Å². The number of nitro benzene ring substituents is 1. The summed E-state index contributed by atoms with van der Waals surface area (Å²) in [4.78, 5) is 22.6. The standard InChI is InChI=1S/C14H19N3O3/c1-3-9(2)15-14(18)10-4-7-12(16-11-5-6-11)13(8-10)17(19)20/h4,7-9,11,16H,3,5-6H2,1-2H3,(H,15,18). The predicted octanol–water partition coefficient (Wildman–Crippen LogP) is 2.70. The largest absolute Gasteiger partial charge is 0.377 e. The molecule has 1 aromatic carbocycles. The van der Waals surface area contributed by atoms with Crippen LogP contribution in [0.25, 0.3) is 0 Å². The van der Waals surface area contributed by atoms with Crippen LogP contribution in [0.1, 0.15) is 43.5 Å². The van der Waals surface area contributed by atoms with Crippen LogP contribution in [0, 0.1) is 10.1 Å². The molecule has 1 fully saturated rings. The summed E-state index contributed by atoms with van der Waals surface area (Å²) >= 11 is 0. The lowest BCUT2D eigenvalue weighted by Crippen LogP contribution is -2.31. The van der Waals surface area contributed by atoms with Crippen molar-refractivity contribution in [2.45, 2.75) is 45.2 Å². The molecular weight excluding hydrogens is 258 g/mol. The van der Waals surface area contributed by atoms with Crippen LogP contribution in [0.5, 0.6) is 0 Å². The maximum absolute atomic E-state index is 12.0. The topological polar surface area (TPSA) is 84.3 Å². The molecule has 0 bridgehead atoms. The van der Waals surface area contributed by atoms with E-state index in [0.29, 0.717) is 17.3 Å². The summed E-state index contributed by atoms with van der Waals surface area (Å²) in [5, 5.41) is 17.0. The normalized spacial score (nSPS) is 15.5. The summed E-state index contributed by atoms with van der Waals surface area (Å²) in [5.74, 6) is -0.277. The van der Waals surface area contributed by atoms with Gasteiger partial charge in [0.1, 0.15) is 5.69 Å². The zero-order valence-electron chi connectivity index (χ0n) is 11.7.